The van der Waals surface area contributed by atoms with Gasteiger partial charge in [-0.3, -0.25) is 9.59 Å². The van der Waals surface area contributed by atoms with E-state index in [2.05, 4.69) is 20.3 Å². The first-order valence-electron chi connectivity index (χ1n) is 12.6. The lowest BCUT2D eigenvalue weighted by Gasteiger charge is -2.25. The molecule has 0 spiro atoms. The zero-order valence-corrected chi connectivity index (χ0v) is 21.3. The summed E-state index contributed by atoms with van der Waals surface area (Å²) in [4.78, 5) is 40.0. The van der Waals surface area contributed by atoms with Crippen molar-refractivity contribution >= 4 is 40.1 Å². The highest BCUT2D eigenvalue weighted by Gasteiger charge is 2.36. The molecule has 6 rings (SSSR count). The van der Waals surface area contributed by atoms with Crippen molar-refractivity contribution in [3.05, 3.63) is 77.2 Å². The monoisotopic (exact) mass is 531 g/mol. The number of ketones is 1. The molecule has 38 heavy (non-hydrogen) atoms. The van der Waals surface area contributed by atoms with Crippen molar-refractivity contribution < 1.29 is 19.1 Å². The quantitative estimate of drug-likeness (QED) is 0.259. The number of halogens is 1. The highest BCUT2D eigenvalue weighted by atomic mass is 35.5. The summed E-state index contributed by atoms with van der Waals surface area (Å²) < 4.78 is 11.0. The first kappa shape index (κ1) is 24.4. The van der Waals surface area contributed by atoms with Gasteiger partial charge in [-0.2, -0.15) is 0 Å². The van der Waals surface area contributed by atoms with Crippen LogP contribution < -0.4 is 10.1 Å². The van der Waals surface area contributed by atoms with Crippen LogP contribution in [0.25, 0.3) is 11.0 Å². The van der Waals surface area contributed by atoms with Gasteiger partial charge in [-0.15, -0.1) is 0 Å². The van der Waals surface area contributed by atoms with Crippen LogP contribution in [0.3, 0.4) is 0 Å². The second kappa shape index (κ2) is 10.4. The third-order valence-corrected chi connectivity index (χ3v) is 7.12. The second-order valence-corrected chi connectivity index (χ2v) is 9.88. The fourth-order valence-electron chi connectivity index (χ4n) is 4.81. The number of amides is 1. The predicted molar refractivity (Wildman–Crippen MR) is 143 cm³/mol. The van der Waals surface area contributed by atoms with Crippen molar-refractivity contribution in [1.29, 1.82) is 0 Å². The molecule has 2 aromatic carbocycles. The lowest BCUT2D eigenvalue weighted by Crippen LogP contribution is -2.41. The SMILES string of the molecule is O=C(c1ccc(Oc2ccccc2)cc1Cl)c1c[nH]c2ncnc(NC3CCCCN(C(=O)C4CO4)C3)c12. The number of carbonyl (C=O) groups excluding carboxylic acids is 2. The van der Waals surface area contributed by atoms with Crippen molar-refractivity contribution in [3.63, 3.8) is 0 Å². The number of H-pyrrole nitrogens is 1. The van der Waals surface area contributed by atoms with Gasteiger partial charge in [0, 0.05) is 37.0 Å². The third kappa shape index (κ3) is 5.07. The Morgan fingerprint density at radius 2 is 1.92 bits per heavy atom. The number of para-hydroxylation sites is 1. The van der Waals surface area contributed by atoms with E-state index in [-0.39, 0.29) is 28.9 Å². The number of aromatic amines is 1. The molecule has 1 amide bonds. The molecule has 2 aliphatic heterocycles. The number of ether oxygens (including phenoxy) is 2. The van der Waals surface area contributed by atoms with Gasteiger partial charge in [0.15, 0.2) is 11.9 Å². The number of fused-ring (bicyclic) bond motifs is 1. The fraction of sp³-hybridized carbons (Fsp3) is 0.286. The molecule has 2 atom stereocenters. The number of hydrogen-bond acceptors (Lipinski definition) is 7. The number of nitrogens with one attached hydrogen (secondary N) is 2. The number of aromatic nitrogens is 3. The second-order valence-electron chi connectivity index (χ2n) is 9.48. The standard InChI is InChI=1S/C28H26ClN5O4/c29-22-12-19(38-18-7-2-1-3-8-18)9-10-20(22)25(35)21-13-30-26-24(21)27(32-16-31-26)33-17-6-4-5-11-34(14-17)28(36)23-15-37-23/h1-3,7-10,12-13,16-17,23H,4-6,11,14-15H2,(H2,30,31,32,33). The zero-order valence-electron chi connectivity index (χ0n) is 20.5. The molecule has 4 aromatic rings. The minimum absolute atomic E-state index is 0.0193. The van der Waals surface area contributed by atoms with Crippen molar-refractivity contribution in [1.82, 2.24) is 19.9 Å². The maximum absolute atomic E-state index is 13.6. The summed E-state index contributed by atoms with van der Waals surface area (Å²) in [5, 5.41) is 4.35. The molecule has 0 aliphatic carbocycles. The van der Waals surface area contributed by atoms with E-state index in [0.29, 0.717) is 59.2 Å². The van der Waals surface area contributed by atoms with E-state index in [4.69, 9.17) is 21.1 Å². The molecule has 2 aliphatic rings. The smallest absolute Gasteiger partial charge is 0.254 e. The van der Waals surface area contributed by atoms with Crippen LogP contribution in [0.1, 0.15) is 35.2 Å². The molecule has 2 aromatic heterocycles. The van der Waals surface area contributed by atoms with E-state index in [9.17, 15) is 9.59 Å². The number of rotatable bonds is 7. The van der Waals surface area contributed by atoms with Gasteiger partial charge < -0.3 is 24.7 Å². The Kier molecular flexibility index (Phi) is 6.70. The third-order valence-electron chi connectivity index (χ3n) is 6.81. The van der Waals surface area contributed by atoms with Crippen molar-refractivity contribution in [3.8, 4) is 11.5 Å². The largest absolute Gasteiger partial charge is 0.457 e. The summed E-state index contributed by atoms with van der Waals surface area (Å²) in [7, 11) is 0. The van der Waals surface area contributed by atoms with E-state index < -0.39 is 0 Å². The van der Waals surface area contributed by atoms with E-state index in [1.54, 1.807) is 24.4 Å². The normalized spacial score (nSPS) is 19.1. The molecular formula is C28H26ClN5O4. The molecule has 2 fully saturated rings. The Labute approximate surface area is 224 Å². The van der Waals surface area contributed by atoms with E-state index in [1.807, 2.05) is 35.2 Å². The van der Waals surface area contributed by atoms with Gasteiger partial charge in [-0.25, -0.2) is 9.97 Å². The number of epoxide rings is 1. The van der Waals surface area contributed by atoms with Crippen LogP contribution in [-0.2, 0) is 9.53 Å². The highest BCUT2D eigenvalue weighted by molar-refractivity contribution is 6.35. The first-order valence-corrected chi connectivity index (χ1v) is 13.0. The van der Waals surface area contributed by atoms with Crippen LogP contribution in [0.2, 0.25) is 5.02 Å². The lowest BCUT2D eigenvalue weighted by atomic mass is 10.0. The number of hydrogen-bond donors (Lipinski definition) is 2. The average Bonchev–Trinajstić information content (AvgIpc) is 3.72. The van der Waals surface area contributed by atoms with Crippen LogP contribution >= 0.6 is 11.6 Å². The number of likely N-dealkylation sites (tertiary alicyclic amines) is 1. The van der Waals surface area contributed by atoms with Crippen LogP contribution in [-0.4, -0.2) is 63.4 Å². The van der Waals surface area contributed by atoms with Crippen molar-refractivity contribution in [2.75, 3.05) is 25.0 Å². The zero-order chi connectivity index (χ0) is 26.1. The van der Waals surface area contributed by atoms with Gasteiger partial charge in [0.2, 0.25) is 0 Å². The first-order chi connectivity index (χ1) is 18.6. The molecule has 10 heteroatoms. The van der Waals surface area contributed by atoms with Crippen LogP contribution in [0, 0.1) is 0 Å². The minimum atomic E-state index is -0.303. The number of anilines is 1. The van der Waals surface area contributed by atoms with Crippen LogP contribution in [0.5, 0.6) is 11.5 Å². The molecule has 9 nitrogen and oxygen atoms in total. The van der Waals surface area contributed by atoms with Gasteiger partial charge in [-0.05, 0) is 43.5 Å². The molecule has 2 unspecified atom stereocenters. The number of carbonyl (C=O) groups is 2. The summed E-state index contributed by atoms with van der Waals surface area (Å²) in [6.45, 7) is 1.76. The number of nitrogens with zero attached hydrogens (tertiary/aromatic N) is 3. The van der Waals surface area contributed by atoms with Crippen LogP contribution in [0.4, 0.5) is 5.82 Å². The molecule has 4 heterocycles. The topological polar surface area (TPSA) is 113 Å². The molecule has 2 saturated heterocycles. The number of benzene rings is 2. The van der Waals surface area contributed by atoms with Crippen LogP contribution in [0.15, 0.2) is 61.1 Å². The Hall–Kier alpha value is -3.95. The van der Waals surface area contributed by atoms with Crippen molar-refractivity contribution in [2.45, 2.75) is 31.4 Å². The molecule has 0 bridgehead atoms. The molecule has 0 radical (unpaired) electrons. The van der Waals surface area contributed by atoms with Gasteiger partial charge in [0.1, 0.15) is 29.3 Å². The van der Waals surface area contributed by atoms with Gasteiger partial charge in [0.05, 0.1) is 22.6 Å². The average molecular weight is 532 g/mol. The molecule has 2 N–H and O–H groups in total. The Morgan fingerprint density at radius 3 is 2.71 bits per heavy atom. The molecular weight excluding hydrogens is 506 g/mol. The maximum atomic E-state index is 13.6. The predicted octanol–water partition coefficient (Wildman–Crippen LogP) is 4.83. The highest BCUT2D eigenvalue weighted by Crippen LogP contribution is 2.32. The van der Waals surface area contributed by atoms with E-state index >= 15 is 0 Å². The summed E-state index contributed by atoms with van der Waals surface area (Å²) in [6.07, 6.45) is 5.58. The fourth-order valence-corrected chi connectivity index (χ4v) is 5.07. The molecule has 0 saturated carbocycles. The van der Waals surface area contributed by atoms with E-state index in [0.717, 1.165) is 19.3 Å². The summed E-state index contributed by atoms with van der Waals surface area (Å²) in [6, 6.07) is 14.3. The maximum Gasteiger partial charge on any atom is 0.254 e. The minimum Gasteiger partial charge on any atom is -0.457 e. The van der Waals surface area contributed by atoms with E-state index in [1.165, 1.54) is 6.33 Å². The van der Waals surface area contributed by atoms with Crippen molar-refractivity contribution in [2.24, 2.45) is 0 Å². The van der Waals surface area contributed by atoms with Gasteiger partial charge in [-0.1, -0.05) is 29.8 Å². The Balaban J connectivity index is 1.25. The Morgan fingerprint density at radius 1 is 1.08 bits per heavy atom. The van der Waals surface area contributed by atoms with Gasteiger partial charge in [0.25, 0.3) is 5.91 Å². The Bertz CT molecular complexity index is 1490. The summed E-state index contributed by atoms with van der Waals surface area (Å²) in [5.74, 6) is 1.54. The molecule has 194 valence electrons. The lowest BCUT2D eigenvalue weighted by molar-refractivity contribution is -0.132. The van der Waals surface area contributed by atoms with Gasteiger partial charge >= 0.3 is 0 Å². The summed E-state index contributed by atoms with van der Waals surface area (Å²) >= 11 is 6.54. The summed E-state index contributed by atoms with van der Waals surface area (Å²) in [5.41, 5.74) is 1.30.